The Hall–Kier alpha value is -1.84. The molecule has 2 aliphatic heterocycles. The molecule has 2 unspecified atom stereocenters. The van der Waals surface area contributed by atoms with Gasteiger partial charge in [0, 0.05) is 46.3 Å². The van der Waals surface area contributed by atoms with E-state index < -0.39 is 12.7 Å². The van der Waals surface area contributed by atoms with Crippen molar-refractivity contribution in [1.29, 1.82) is 0 Å². The lowest BCUT2D eigenvalue weighted by Gasteiger charge is -2.36. The molecule has 0 radical (unpaired) electrons. The topological polar surface area (TPSA) is 43.3 Å². The zero-order valence-corrected chi connectivity index (χ0v) is 17.0. The van der Waals surface area contributed by atoms with Gasteiger partial charge in [0.1, 0.15) is 0 Å². The lowest BCUT2D eigenvalue weighted by atomic mass is 10.1. The van der Waals surface area contributed by atoms with Crippen molar-refractivity contribution in [3.63, 3.8) is 0 Å². The van der Waals surface area contributed by atoms with Crippen LogP contribution in [0.1, 0.15) is 5.56 Å². The fourth-order valence-electron chi connectivity index (χ4n) is 4.02. The second-order valence-corrected chi connectivity index (χ2v) is 7.66. The van der Waals surface area contributed by atoms with Gasteiger partial charge in [-0.05, 0) is 12.6 Å². The second kappa shape index (κ2) is 9.77. The fraction of sp³-hybridized carbons (Fsp3) is 0.650. The number of nitrogens with zero attached hydrogens (tertiary/aromatic N) is 4. The molecular weight excluding hydrogens is 383 g/mol. The molecule has 2 heterocycles. The number of hydrogen-bond acceptors (Lipinski definition) is 4. The highest BCUT2D eigenvalue weighted by atomic mass is 19.4. The Balaban J connectivity index is 1.52. The molecule has 3 rings (SSSR count). The van der Waals surface area contributed by atoms with Crippen LogP contribution in [0.4, 0.5) is 13.2 Å². The summed E-state index contributed by atoms with van der Waals surface area (Å²) < 4.78 is 43.4. The van der Waals surface area contributed by atoms with Crippen LogP contribution < -0.4 is 5.32 Å². The van der Waals surface area contributed by atoms with Gasteiger partial charge in [-0.3, -0.25) is 14.8 Å². The molecule has 2 saturated heterocycles. The molecule has 1 aromatic carbocycles. The molecule has 1 N–H and O–H groups in total. The molecule has 29 heavy (non-hydrogen) atoms. The number of likely N-dealkylation sites (tertiary alicyclic amines) is 1. The molecule has 9 heteroatoms. The minimum atomic E-state index is -4.18. The van der Waals surface area contributed by atoms with Gasteiger partial charge in [0.05, 0.1) is 25.3 Å². The van der Waals surface area contributed by atoms with Crippen molar-refractivity contribution in [2.75, 3.05) is 60.0 Å². The first kappa shape index (κ1) is 21.9. The number of ether oxygens (including phenoxy) is 1. The lowest BCUT2D eigenvalue weighted by Crippen LogP contribution is -2.50. The zero-order chi connectivity index (χ0) is 20.9. The maximum absolute atomic E-state index is 12.5. The summed E-state index contributed by atoms with van der Waals surface area (Å²) >= 11 is 0. The molecule has 0 amide bonds. The summed E-state index contributed by atoms with van der Waals surface area (Å²) in [5, 5.41) is 3.20. The summed E-state index contributed by atoms with van der Waals surface area (Å²) in [6.45, 7) is 3.77. The highest BCUT2D eigenvalue weighted by molar-refractivity contribution is 5.80. The summed E-state index contributed by atoms with van der Waals surface area (Å²) in [7, 11) is 3.17. The van der Waals surface area contributed by atoms with Crippen LogP contribution in [0.3, 0.4) is 0 Å². The number of hydrogen-bond donors (Lipinski definition) is 1. The smallest absolute Gasteiger partial charge is 0.373 e. The van der Waals surface area contributed by atoms with E-state index in [1.165, 1.54) is 17.5 Å². The minimum Gasteiger partial charge on any atom is -0.373 e. The first-order chi connectivity index (χ1) is 13.9. The van der Waals surface area contributed by atoms with Crippen LogP contribution in [0.25, 0.3) is 0 Å². The SMILES string of the molecule is CN=C(NCCN(C)CC(F)(F)F)N1CC2OCCN(Cc3ccccc3)C2C1. The predicted octanol–water partition coefficient (Wildman–Crippen LogP) is 1.64. The molecular formula is C20H30F3N5O. The van der Waals surface area contributed by atoms with Crippen LogP contribution in [0, 0.1) is 0 Å². The van der Waals surface area contributed by atoms with E-state index in [9.17, 15) is 13.2 Å². The molecule has 0 aromatic heterocycles. The van der Waals surface area contributed by atoms with Crippen molar-refractivity contribution < 1.29 is 17.9 Å². The van der Waals surface area contributed by atoms with Gasteiger partial charge in [0.2, 0.25) is 0 Å². The summed E-state index contributed by atoms with van der Waals surface area (Å²) in [5.74, 6) is 0.711. The van der Waals surface area contributed by atoms with E-state index in [1.54, 1.807) is 7.05 Å². The Kier molecular flexibility index (Phi) is 7.37. The van der Waals surface area contributed by atoms with Gasteiger partial charge in [-0.2, -0.15) is 13.2 Å². The predicted molar refractivity (Wildman–Crippen MR) is 107 cm³/mol. The summed E-state index contributed by atoms with van der Waals surface area (Å²) in [4.78, 5) is 10.2. The first-order valence-electron chi connectivity index (χ1n) is 9.96. The number of rotatable bonds is 6. The van der Waals surface area contributed by atoms with E-state index in [-0.39, 0.29) is 18.7 Å². The highest BCUT2D eigenvalue weighted by Crippen LogP contribution is 2.24. The normalized spacial score (nSPS) is 23.5. The van der Waals surface area contributed by atoms with Crippen LogP contribution in [-0.4, -0.2) is 99.0 Å². The average molecular weight is 413 g/mol. The minimum absolute atomic E-state index is 0.110. The number of nitrogens with one attached hydrogen (secondary N) is 1. The van der Waals surface area contributed by atoms with Gasteiger partial charge in [-0.25, -0.2) is 0 Å². The number of morpholine rings is 1. The first-order valence-corrected chi connectivity index (χ1v) is 9.96. The zero-order valence-electron chi connectivity index (χ0n) is 17.0. The van der Waals surface area contributed by atoms with E-state index in [4.69, 9.17) is 4.74 Å². The number of fused-ring (bicyclic) bond motifs is 1. The molecule has 0 aliphatic carbocycles. The van der Waals surface area contributed by atoms with Crippen LogP contribution in [0.5, 0.6) is 0 Å². The maximum Gasteiger partial charge on any atom is 0.401 e. The van der Waals surface area contributed by atoms with Crippen LogP contribution in [-0.2, 0) is 11.3 Å². The molecule has 0 saturated carbocycles. The van der Waals surface area contributed by atoms with Crippen LogP contribution >= 0.6 is 0 Å². The van der Waals surface area contributed by atoms with E-state index in [0.29, 0.717) is 19.1 Å². The van der Waals surface area contributed by atoms with E-state index in [0.717, 1.165) is 26.2 Å². The lowest BCUT2D eigenvalue weighted by molar-refractivity contribution is -0.142. The standard InChI is InChI=1S/C20H30F3N5O/c1-24-19(25-8-9-26(2)15-20(21,22)23)28-13-17-18(14-28)29-11-10-27(17)12-16-6-4-3-5-7-16/h3-7,17-18H,8-15H2,1-2H3,(H,24,25). The number of guanidine groups is 1. The van der Waals surface area contributed by atoms with E-state index >= 15 is 0 Å². The molecule has 0 spiro atoms. The van der Waals surface area contributed by atoms with Gasteiger partial charge >= 0.3 is 6.18 Å². The number of aliphatic imine (C=N–C) groups is 1. The van der Waals surface area contributed by atoms with Crippen molar-refractivity contribution in [3.05, 3.63) is 35.9 Å². The summed E-state index contributed by atoms with van der Waals surface area (Å²) in [6.07, 6.45) is -4.07. The van der Waals surface area contributed by atoms with Gasteiger partial charge in [-0.1, -0.05) is 30.3 Å². The third-order valence-corrected chi connectivity index (χ3v) is 5.38. The molecule has 162 valence electrons. The molecule has 2 atom stereocenters. The van der Waals surface area contributed by atoms with Crippen molar-refractivity contribution in [2.45, 2.75) is 24.9 Å². The van der Waals surface area contributed by atoms with Crippen LogP contribution in [0.2, 0.25) is 0 Å². The Bertz CT molecular complexity index is 670. The van der Waals surface area contributed by atoms with Crippen LogP contribution in [0.15, 0.2) is 35.3 Å². The Morgan fingerprint density at radius 1 is 1.28 bits per heavy atom. The number of halogens is 3. The van der Waals surface area contributed by atoms with Crippen molar-refractivity contribution in [3.8, 4) is 0 Å². The van der Waals surface area contributed by atoms with Crippen molar-refractivity contribution >= 4 is 5.96 Å². The largest absolute Gasteiger partial charge is 0.401 e. The molecule has 2 fully saturated rings. The highest BCUT2D eigenvalue weighted by Gasteiger charge is 2.41. The Labute approximate surface area is 170 Å². The summed E-state index contributed by atoms with van der Waals surface area (Å²) in [5.41, 5.74) is 1.28. The maximum atomic E-state index is 12.5. The molecule has 2 aliphatic rings. The van der Waals surface area contributed by atoms with Crippen molar-refractivity contribution in [2.24, 2.45) is 4.99 Å². The summed E-state index contributed by atoms with van der Waals surface area (Å²) in [6, 6.07) is 10.7. The number of benzene rings is 1. The monoisotopic (exact) mass is 413 g/mol. The second-order valence-electron chi connectivity index (χ2n) is 7.66. The third kappa shape index (κ3) is 6.32. The number of alkyl halides is 3. The molecule has 1 aromatic rings. The quantitative estimate of drug-likeness (QED) is 0.568. The molecule has 0 bridgehead atoms. The Morgan fingerprint density at radius 3 is 2.72 bits per heavy atom. The van der Waals surface area contributed by atoms with E-state index in [2.05, 4.69) is 44.4 Å². The van der Waals surface area contributed by atoms with Gasteiger partial charge in [-0.15, -0.1) is 0 Å². The molecule has 6 nitrogen and oxygen atoms in total. The van der Waals surface area contributed by atoms with Gasteiger partial charge < -0.3 is 15.0 Å². The Morgan fingerprint density at radius 2 is 2.03 bits per heavy atom. The van der Waals surface area contributed by atoms with Crippen molar-refractivity contribution in [1.82, 2.24) is 20.0 Å². The van der Waals surface area contributed by atoms with Gasteiger partial charge in [0.25, 0.3) is 0 Å². The van der Waals surface area contributed by atoms with Gasteiger partial charge in [0.15, 0.2) is 5.96 Å². The average Bonchev–Trinajstić information content (AvgIpc) is 3.10. The fourth-order valence-corrected chi connectivity index (χ4v) is 4.02. The van der Waals surface area contributed by atoms with E-state index in [1.807, 2.05) is 6.07 Å². The third-order valence-electron chi connectivity index (χ3n) is 5.38. The number of likely N-dealkylation sites (N-methyl/N-ethyl adjacent to an activating group) is 1.